The lowest BCUT2D eigenvalue weighted by Gasteiger charge is -2.14. The van der Waals surface area contributed by atoms with Crippen LogP contribution in [0.15, 0.2) is 65.6 Å². The van der Waals surface area contributed by atoms with E-state index in [4.69, 9.17) is 0 Å². The van der Waals surface area contributed by atoms with Crippen molar-refractivity contribution in [1.82, 2.24) is 4.57 Å². The summed E-state index contributed by atoms with van der Waals surface area (Å²) in [5.41, 5.74) is 2.89. The first-order valence-electron chi connectivity index (χ1n) is 8.59. The van der Waals surface area contributed by atoms with Crippen LogP contribution in [0.2, 0.25) is 0 Å². The molecule has 5 nitrogen and oxygen atoms in total. The highest BCUT2D eigenvalue weighted by Crippen LogP contribution is 2.30. The fourth-order valence-corrected chi connectivity index (χ4v) is 4.15. The Bertz CT molecular complexity index is 1100. The molecule has 0 aliphatic heterocycles. The van der Waals surface area contributed by atoms with Gasteiger partial charge in [0, 0.05) is 11.4 Å². The molecular formula is C21H21NO4S. The molecule has 3 aromatic rings. The van der Waals surface area contributed by atoms with E-state index in [1.54, 1.807) is 55.7 Å². The number of carboxylic acids is 1. The van der Waals surface area contributed by atoms with E-state index in [2.05, 4.69) is 0 Å². The number of benzene rings is 2. The van der Waals surface area contributed by atoms with E-state index in [1.807, 2.05) is 30.3 Å². The van der Waals surface area contributed by atoms with Crippen LogP contribution in [0.25, 0.3) is 16.9 Å². The molecule has 140 valence electrons. The highest BCUT2D eigenvalue weighted by molar-refractivity contribution is 7.92. The van der Waals surface area contributed by atoms with Gasteiger partial charge in [0.15, 0.2) is 9.84 Å². The summed E-state index contributed by atoms with van der Waals surface area (Å²) >= 11 is 0. The smallest absolute Gasteiger partial charge is 0.337 e. The minimum atomic E-state index is -3.44. The molecule has 0 unspecified atom stereocenters. The minimum Gasteiger partial charge on any atom is -0.478 e. The number of carbonyl (C=O) groups is 1. The molecule has 2 aromatic carbocycles. The molecule has 6 heteroatoms. The second-order valence-electron chi connectivity index (χ2n) is 6.63. The van der Waals surface area contributed by atoms with E-state index < -0.39 is 21.1 Å². The Balaban J connectivity index is 2.28. The lowest BCUT2D eigenvalue weighted by Crippen LogP contribution is -2.14. The van der Waals surface area contributed by atoms with Gasteiger partial charge in [-0.15, -0.1) is 0 Å². The standard InChI is InChI=1S/C21H21NO4S/c1-14(2)27(25,26)18-11-7-10-17(12-18)22-15(3)19(21(23)24)13-20(22)16-8-5-4-6-9-16/h4-14H,1-3H3,(H,23,24). The van der Waals surface area contributed by atoms with Crippen molar-refractivity contribution in [1.29, 1.82) is 0 Å². The van der Waals surface area contributed by atoms with Crippen LogP contribution in [0, 0.1) is 6.92 Å². The third-order valence-corrected chi connectivity index (χ3v) is 6.72. The molecule has 0 saturated heterocycles. The lowest BCUT2D eigenvalue weighted by atomic mass is 10.1. The first-order valence-corrected chi connectivity index (χ1v) is 10.1. The van der Waals surface area contributed by atoms with Crippen molar-refractivity contribution in [3.05, 3.63) is 71.9 Å². The summed E-state index contributed by atoms with van der Waals surface area (Å²) in [5, 5.41) is 9.00. The first kappa shape index (κ1) is 18.9. The van der Waals surface area contributed by atoms with Crippen LogP contribution in [-0.4, -0.2) is 29.3 Å². The number of aromatic carboxylic acids is 1. The summed E-state index contributed by atoms with van der Waals surface area (Å²) in [6, 6.07) is 17.7. The van der Waals surface area contributed by atoms with E-state index in [1.165, 1.54) is 0 Å². The molecule has 0 saturated carbocycles. The van der Waals surface area contributed by atoms with Crippen molar-refractivity contribution >= 4 is 15.8 Å². The monoisotopic (exact) mass is 383 g/mol. The van der Waals surface area contributed by atoms with E-state index in [9.17, 15) is 18.3 Å². The van der Waals surface area contributed by atoms with Crippen molar-refractivity contribution in [2.45, 2.75) is 30.9 Å². The van der Waals surface area contributed by atoms with Crippen molar-refractivity contribution in [2.24, 2.45) is 0 Å². The number of carboxylic acid groups (broad SMARTS) is 1. The minimum absolute atomic E-state index is 0.186. The Labute approximate surface area is 158 Å². The maximum absolute atomic E-state index is 12.6. The normalized spacial score (nSPS) is 11.7. The lowest BCUT2D eigenvalue weighted by molar-refractivity contribution is 0.0696. The summed E-state index contributed by atoms with van der Waals surface area (Å²) in [4.78, 5) is 11.9. The van der Waals surface area contributed by atoms with Gasteiger partial charge in [0.05, 0.1) is 21.4 Å². The van der Waals surface area contributed by atoms with Crippen molar-refractivity contribution < 1.29 is 18.3 Å². The molecule has 1 aromatic heterocycles. The molecule has 0 spiro atoms. The zero-order valence-electron chi connectivity index (χ0n) is 15.4. The zero-order valence-corrected chi connectivity index (χ0v) is 16.2. The molecule has 1 N–H and O–H groups in total. The highest BCUT2D eigenvalue weighted by atomic mass is 32.2. The van der Waals surface area contributed by atoms with E-state index in [0.29, 0.717) is 17.1 Å². The van der Waals surface area contributed by atoms with Crippen LogP contribution in [0.3, 0.4) is 0 Å². The molecule has 0 bridgehead atoms. The summed E-state index contributed by atoms with van der Waals surface area (Å²) in [6.45, 7) is 5.00. The van der Waals surface area contributed by atoms with Gasteiger partial charge in [-0.2, -0.15) is 0 Å². The summed E-state index contributed by atoms with van der Waals surface area (Å²) in [6.07, 6.45) is 0. The van der Waals surface area contributed by atoms with Crippen molar-refractivity contribution in [3.63, 3.8) is 0 Å². The topological polar surface area (TPSA) is 76.4 Å². The van der Waals surface area contributed by atoms with Gasteiger partial charge in [0.25, 0.3) is 0 Å². The molecule has 0 amide bonds. The number of hydrogen-bond donors (Lipinski definition) is 1. The van der Waals surface area contributed by atoms with Gasteiger partial charge in [-0.05, 0) is 50.6 Å². The number of sulfone groups is 1. The Morgan fingerprint density at radius 1 is 1.00 bits per heavy atom. The van der Waals surface area contributed by atoms with Crippen LogP contribution in [0.5, 0.6) is 0 Å². The maximum atomic E-state index is 12.6. The third-order valence-electron chi connectivity index (χ3n) is 4.57. The van der Waals surface area contributed by atoms with Crippen LogP contribution in [0.1, 0.15) is 29.9 Å². The fourth-order valence-electron chi connectivity index (χ4n) is 3.05. The number of nitrogens with zero attached hydrogens (tertiary/aromatic N) is 1. The molecular weight excluding hydrogens is 362 g/mol. The molecule has 3 rings (SSSR count). The van der Waals surface area contributed by atoms with E-state index in [0.717, 1.165) is 5.56 Å². The molecule has 0 aliphatic carbocycles. The van der Waals surface area contributed by atoms with Crippen LogP contribution in [-0.2, 0) is 9.84 Å². The average Bonchev–Trinajstić information content (AvgIpc) is 3.00. The van der Waals surface area contributed by atoms with Gasteiger partial charge in [-0.25, -0.2) is 13.2 Å². The van der Waals surface area contributed by atoms with E-state index >= 15 is 0 Å². The van der Waals surface area contributed by atoms with Crippen LogP contribution >= 0.6 is 0 Å². The van der Waals surface area contributed by atoms with Gasteiger partial charge in [-0.3, -0.25) is 0 Å². The largest absolute Gasteiger partial charge is 0.478 e. The average molecular weight is 383 g/mol. The Hall–Kier alpha value is -2.86. The predicted octanol–water partition coefficient (Wildman–Crippen LogP) is 4.33. The van der Waals surface area contributed by atoms with Gasteiger partial charge in [0.1, 0.15) is 0 Å². The van der Waals surface area contributed by atoms with Gasteiger partial charge in [0.2, 0.25) is 0 Å². The van der Waals surface area contributed by atoms with Crippen LogP contribution < -0.4 is 0 Å². The number of hydrogen-bond acceptors (Lipinski definition) is 3. The Morgan fingerprint density at radius 3 is 2.26 bits per heavy atom. The number of aromatic nitrogens is 1. The zero-order chi connectivity index (χ0) is 19.8. The highest BCUT2D eigenvalue weighted by Gasteiger charge is 2.22. The Morgan fingerprint density at radius 2 is 1.67 bits per heavy atom. The van der Waals surface area contributed by atoms with Gasteiger partial charge in [-0.1, -0.05) is 36.4 Å². The maximum Gasteiger partial charge on any atom is 0.337 e. The summed E-state index contributed by atoms with van der Waals surface area (Å²) < 4.78 is 26.9. The third kappa shape index (κ3) is 3.40. The number of rotatable bonds is 5. The molecule has 0 aliphatic rings. The van der Waals surface area contributed by atoms with Gasteiger partial charge >= 0.3 is 5.97 Å². The second kappa shape index (κ2) is 7.04. The quantitative estimate of drug-likeness (QED) is 0.711. The van der Waals surface area contributed by atoms with Crippen molar-refractivity contribution in [2.75, 3.05) is 0 Å². The predicted molar refractivity (Wildman–Crippen MR) is 105 cm³/mol. The van der Waals surface area contributed by atoms with Gasteiger partial charge < -0.3 is 9.67 Å². The second-order valence-corrected chi connectivity index (χ2v) is 9.13. The van der Waals surface area contributed by atoms with Crippen molar-refractivity contribution in [3.8, 4) is 16.9 Å². The molecule has 27 heavy (non-hydrogen) atoms. The van der Waals surface area contributed by atoms with Crippen LogP contribution in [0.4, 0.5) is 0 Å². The molecule has 0 fully saturated rings. The molecule has 1 heterocycles. The molecule has 0 atom stereocenters. The summed E-state index contributed by atoms with van der Waals surface area (Å²) in [5.74, 6) is -1.02. The fraction of sp³-hybridized carbons (Fsp3) is 0.190. The molecule has 0 radical (unpaired) electrons. The SMILES string of the molecule is Cc1c(C(=O)O)cc(-c2ccccc2)n1-c1cccc(S(=O)(=O)C(C)C)c1. The summed E-state index contributed by atoms with van der Waals surface area (Å²) in [7, 11) is -3.44. The van der Waals surface area contributed by atoms with E-state index in [-0.39, 0.29) is 10.5 Å². The first-order chi connectivity index (χ1) is 12.7. The Kier molecular flexibility index (Phi) is 4.93.